The monoisotopic (exact) mass is 567 g/mol. The van der Waals surface area contributed by atoms with Crippen LogP contribution in [-0.2, 0) is 22.9 Å². The second-order valence-corrected chi connectivity index (χ2v) is 10.8. The first-order valence-corrected chi connectivity index (χ1v) is 12.9. The predicted octanol–water partition coefficient (Wildman–Crippen LogP) is 7.07. The molecule has 0 spiro atoms. The normalized spacial score (nSPS) is 11.8. The van der Waals surface area contributed by atoms with Crippen LogP contribution < -0.4 is 10.6 Å². The molecule has 41 heavy (non-hydrogen) atoms. The third-order valence-corrected chi connectivity index (χ3v) is 6.35. The fourth-order valence-corrected chi connectivity index (χ4v) is 4.24. The lowest BCUT2D eigenvalue weighted by molar-refractivity contribution is -0.137. The maximum absolute atomic E-state index is 13.5. The number of furan rings is 1. The summed E-state index contributed by atoms with van der Waals surface area (Å²) in [4.78, 5) is 27.6. The first kappa shape index (κ1) is 29.4. The molecule has 2 aromatic heterocycles. The molecule has 2 N–H and O–H groups in total. The Hall–Kier alpha value is -4.54. The molecular weight excluding hydrogens is 535 g/mol. The molecular formula is C30H32F3N5O3. The maximum Gasteiger partial charge on any atom is 0.418 e. The Bertz CT molecular complexity index is 1540. The van der Waals surface area contributed by atoms with Crippen LogP contribution in [0.2, 0.25) is 0 Å². The summed E-state index contributed by atoms with van der Waals surface area (Å²) in [5.41, 5.74) is 1.80. The van der Waals surface area contributed by atoms with Gasteiger partial charge in [0.15, 0.2) is 0 Å². The van der Waals surface area contributed by atoms with Crippen molar-refractivity contribution in [3.8, 4) is 5.69 Å². The van der Waals surface area contributed by atoms with Gasteiger partial charge in [-0.05, 0) is 49.7 Å². The molecule has 2 aromatic carbocycles. The van der Waals surface area contributed by atoms with Crippen LogP contribution in [0.4, 0.5) is 29.5 Å². The largest absolute Gasteiger partial charge is 0.467 e. The summed E-state index contributed by atoms with van der Waals surface area (Å²) in [6, 6.07) is 14.6. The number of carbonyl (C=O) groups excluding carboxylic acids is 2. The van der Waals surface area contributed by atoms with Gasteiger partial charge in [0.25, 0.3) is 0 Å². The minimum absolute atomic E-state index is 0.149. The van der Waals surface area contributed by atoms with Crippen LogP contribution in [0.3, 0.4) is 0 Å². The molecule has 0 bridgehead atoms. The molecule has 216 valence electrons. The Morgan fingerprint density at radius 3 is 2.34 bits per heavy atom. The number of nitrogens with zero attached hydrogens (tertiary/aromatic N) is 3. The highest BCUT2D eigenvalue weighted by Crippen LogP contribution is 2.35. The quantitative estimate of drug-likeness (QED) is 0.250. The number of anilines is 2. The van der Waals surface area contributed by atoms with E-state index in [2.05, 4.69) is 10.6 Å². The third kappa shape index (κ3) is 7.16. The number of aryl methyl sites for hydroxylation is 2. The Balaban J connectivity index is 1.61. The average Bonchev–Trinajstić information content (AvgIpc) is 3.53. The molecule has 3 amide bonds. The number of benzene rings is 2. The Labute approximate surface area is 236 Å². The second-order valence-electron chi connectivity index (χ2n) is 10.8. The number of alkyl halides is 3. The van der Waals surface area contributed by atoms with E-state index in [1.165, 1.54) is 18.4 Å². The molecule has 0 saturated heterocycles. The van der Waals surface area contributed by atoms with Crippen molar-refractivity contribution >= 4 is 23.4 Å². The zero-order valence-electron chi connectivity index (χ0n) is 23.5. The van der Waals surface area contributed by atoms with E-state index < -0.39 is 35.9 Å². The van der Waals surface area contributed by atoms with E-state index in [0.717, 1.165) is 39.5 Å². The molecule has 4 aromatic rings. The minimum atomic E-state index is -4.68. The highest BCUT2D eigenvalue weighted by Gasteiger charge is 2.34. The number of halogens is 3. The number of rotatable bonds is 7. The number of carbonyl (C=O) groups is 2. The van der Waals surface area contributed by atoms with E-state index in [-0.39, 0.29) is 12.0 Å². The average molecular weight is 568 g/mol. The maximum atomic E-state index is 13.5. The van der Waals surface area contributed by atoms with Gasteiger partial charge < -0.3 is 20.0 Å². The Kier molecular flexibility index (Phi) is 8.27. The van der Waals surface area contributed by atoms with Gasteiger partial charge >= 0.3 is 12.2 Å². The summed E-state index contributed by atoms with van der Waals surface area (Å²) in [7, 11) is 0. The van der Waals surface area contributed by atoms with Crippen LogP contribution in [0.15, 0.2) is 71.3 Å². The highest BCUT2D eigenvalue weighted by atomic mass is 19.4. The van der Waals surface area contributed by atoms with E-state index in [0.29, 0.717) is 11.6 Å². The van der Waals surface area contributed by atoms with Crippen LogP contribution in [0, 0.1) is 13.8 Å². The SMILES string of the molecule is Cc1ccc(-n2nc(C(C)(C)C)cc2NC(=O)CN(Cc2ccco2)C(=O)Nc2ccccc2C(F)(F)F)c(C)c1. The fourth-order valence-electron chi connectivity index (χ4n) is 4.24. The molecule has 0 aliphatic heterocycles. The molecule has 0 radical (unpaired) electrons. The van der Waals surface area contributed by atoms with E-state index in [4.69, 9.17) is 9.52 Å². The van der Waals surface area contributed by atoms with Crippen molar-refractivity contribution in [3.05, 3.63) is 95.1 Å². The summed E-state index contributed by atoms with van der Waals surface area (Å²) in [6.07, 6.45) is -3.27. The lowest BCUT2D eigenvalue weighted by Gasteiger charge is -2.23. The van der Waals surface area contributed by atoms with Crippen LogP contribution in [0.25, 0.3) is 5.69 Å². The Morgan fingerprint density at radius 1 is 0.976 bits per heavy atom. The predicted molar refractivity (Wildman–Crippen MR) is 150 cm³/mol. The number of urea groups is 1. The summed E-state index contributed by atoms with van der Waals surface area (Å²) in [5.74, 6) is 0.183. The van der Waals surface area contributed by atoms with E-state index in [9.17, 15) is 22.8 Å². The number of hydrogen-bond acceptors (Lipinski definition) is 4. The second kappa shape index (κ2) is 11.5. The number of nitrogens with one attached hydrogen (secondary N) is 2. The van der Waals surface area contributed by atoms with Crippen molar-refractivity contribution in [2.45, 2.75) is 52.8 Å². The summed E-state index contributed by atoms with van der Waals surface area (Å²) < 4.78 is 47.5. The molecule has 0 atom stereocenters. The van der Waals surface area contributed by atoms with Gasteiger partial charge in [-0.25, -0.2) is 9.48 Å². The molecule has 0 aliphatic carbocycles. The van der Waals surface area contributed by atoms with Gasteiger partial charge in [-0.15, -0.1) is 0 Å². The molecule has 4 rings (SSSR count). The van der Waals surface area contributed by atoms with Crippen molar-refractivity contribution in [2.75, 3.05) is 17.2 Å². The standard InChI is InChI=1S/C30H32F3N5O3/c1-19-12-13-24(20(2)15-19)38-26(16-25(36-38)29(3,4)5)35-27(39)18-37(17-21-9-8-14-41-21)28(40)34-23-11-7-6-10-22(23)30(31,32)33/h6-16H,17-18H2,1-5H3,(H,34,40)(H,35,39). The third-order valence-electron chi connectivity index (χ3n) is 6.35. The van der Waals surface area contributed by atoms with Crippen molar-refractivity contribution in [2.24, 2.45) is 0 Å². The van der Waals surface area contributed by atoms with Crippen molar-refractivity contribution < 1.29 is 27.2 Å². The zero-order chi connectivity index (χ0) is 29.9. The topological polar surface area (TPSA) is 92.4 Å². The van der Waals surface area contributed by atoms with Gasteiger partial charge in [-0.3, -0.25) is 4.79 Å². The van der Waals surface area contributed by atoms with E-state index in [1.54, 1.807) is 22.9 Å². The minimum Gasteiger partial charge on any atom is -0.467 e. The molecule has 11 heteroatoms. The molecule has 0 unspecified atom stereocenters. The lowest BCUT2D eigenvalue weighted by Crippen LogP contribution is -2.40. The van der Waals surface area contributed by atoms with Crippen LogP contribution in [-0.4, -0.2) is 33.2 Å². The van der Waals surface area contributed by atoms with Crippen molar-refractivity contribution in [3.63, 3.8) is 0 Å². The molecule has 0 aliphatic rings. The van der Waals surface area contributed by atoms with Crippen molar-refractivity contribution in [1.82, 2.24) is 14.7 Å². The number of aromatic nitrogens is 2. The van der Waals surface area contributed by atoms with Gasteiger partial charge in [0.1, 0.15) is 18.1 Å². The number of amides is 3. The van der Waals surface area contributed by atoms with Gasteiger partial charge in [0.05, 0.1) is 35.4 Å². The van der Waals surface area contributed by atoms with Gasteiger partial charge in [0, 0.05) is 11.5 Å². The summed E-state index contributed by atoms with van der Waals surface area (Å²) in [5, 5.41) is 9.88. The number of para-hydroxylation sites is 1. The smallest absolute Gasteiger partial charge is 0.418 e. The zero-order valence-corrected chi connectivity index (χ0v) is 23.5. The molecule has 8 nitrogen and oxygen atoms in total. The number of hydrogen-bond donors (Lipinski definition) is 2. The first-order chi connectivity index (χ1) is 19.2. The Morgan fingerprint density at radius 2 is 1.71 bits per heavy atom. The van der Waals surface area contributed by atoms with Crippen LogP contribution in [0.1, 0.15) is 48.9 Å². The van der Waals surface area contributed by atoms with Crippen molar-refractivity contribution in [1.29, 1.82) is 0 Å². The summed E-state index contributed by atoms with van der Waals surface area (Å²) >= 11 is 0. The van der Waals surface area contributed by atoms with E-state index in [1.807, 2.05) is 52.8 Å². The van der Waals surface area contributed by atoms with Gasteiger partial charge in [-0.2, -0.15) is 18.3 Å². The first-order valence-electron chi connectivity index (χ1n) is 12.9. The van der Waals surface area contributed by atoms with Gasteiger partial charge in [-0.1, -0.05) is 50.6 Å². The van der Waals surface area contributed by atoms with Gasteiger partial charge in [0.2, 0.25) is 5.91 Å². The van der Waals surface area contributed by atoms with E-state index >= 15 is 0 Å². The lowest BCUT2D eigenvalue weighted by atomic mass is 9.92. The molecule has 0 fully saturated rings. The van der Waals surface area contributed by atoms with Crippen LogP contribution >= 0.6 is 0 Å². The summed E-state index contributed by atoms with van der Waals surface area (Å²) in [6.45, 7) is 9.31. The highest BCUT2D eigenvalue weighted by molar-refractivity contribution is 5.97. The molecule has 0 saturated carbocycles. The molecule has 2 heterocycles. The van der Waals surface area contributed by atoms with Crippen LogP contribution in [0.5, 0.6) is 0 Å². The fraction of sp³-hybridized carbons (Fsp3) is 0.300.